The van der Waals surface area contributed by atoms with Crippen LogP contribution in [0.1, 0.15) is 12.5 Å². The van der Waals surface area contributed by atoms with Gasteiger partial charge in [0, 0.05) is 16.7 Å². The molecule has 0 aliphatic rings. The lowest BCUT2D eigenvalue weighted by molar-refractivity contribution is 0.264. The summed E-state index contributed by atoms with van der Waals surface area (Å²) < 4.78 is 10.7. The molecular formula is C12H15ClO3. The third-order valence-electron chi connectivity index (χ3n) is 2.05. The molecule has 0 aliphatic heterocycles. The van der Waals surface area contributed by atoms with Crippen LogP contribution in [0.4, 0.5) is 0 Å². The van der Waals surface area contributed by atoms with E-state index in [1.54, 1.807) is 12.1 Å². The molecule has 0 saturated carbocycles. The fraction of sp³-hybridized carbons (Fsp3) is 0.333. The fourth-order valence-electron chi connectivity index (χ4n) is 1.28. The number of allylic oxidation sites excluding steroid dienone is 1. The zero-order valence-corrected chi connectivity index (χ0v) is 10.1. The maximum atomic E-state index is 9.21. The number of ether oxygens (including phenoxy) is 2. The number of hydrogen-bond donors (Lipinski definition) is 1. The average molecular weight is 243 g/mol. The van der Waals surface area contributed by atoms with Crippen molar-refractivity contribution in [1.82, 2.24) is 0 Å². The third kappa shape index (κ3) is 3.15. The van der Waals surface area contributed by atoms with E-state index in [0.29, 0.717) is 28.7 Å². The van der Waals surface area contributed by atoms with E-state index >= 15 is 0 Å². The molecule has 0 atom stereocenters. The summed E-state index contributed by atoms with van der Waals surface area (Å²) in [6.07, 6.45) is 3.76. The van der Waals surface area contributed by atoms with E-state index in [0.717, 1.165) is 0 Å². The van der Waals surface area contributed by atoms with Crippen molar-refractivity contribution in [3.63, 3.8) is 0 Å². The van der Waals surface area contributed by atoms with E-state index in [1.165, 1.54) is 7.11 Å². The SMILES string of the molecule is C/C=C/COc1c(CO)cc(Cl)cc1OC. The van der Waals surface area contributed by atoms with Gasteiger partial charge in [0.2, 0.25) is 0 Å². The summed E-state index contributed by atoms with van der Waals surface area (Å²) in [5.41, 5.74) is 0.619. The smallest absolute Gasteiger partial charge is 0.167 e. The van der Waals surface area contributed by atoms with Crippen LogP contribution < -0.4 is 9.47 Å². The number of aliphatic hydroxyl groups excluding tert-OH is 1. The summed E-state index contributed by atoms with van der Waals surface area (Å²) in [7, 11) is 1.54. The highest BCUT2D eigenvalue weighted by Crippen LogP contribution is 2.34. The molecule has 4 heteroatoms. The average Bonchev–Trinajstić information content (AvgIpc) is 2.30. The Morgan fingerprint density at radius 2 is 2.19 bits per heavy atom. The van der Waals surface area contributed by atoms with Crippen molar-refractivity contribution in [2.24, 2.45) is 0 Å². The number of benzene rings is 1. The zero-order chi connectivity index (χ0) is 12.0. The predicted molar refractivity (Wildman–Crippen MR) is 64.2 cm³/mol. The Bertz CT molecular complexity index is 350. The van der Waals surface area contributed by atoms with Gasteiger partial charge in [0.1, 0.15) is 6.61 Å². The molecule has 16 heavy (non-hydrogen) atoms. The maximum absolute atomic E-state index is 9.21. The zero-order valence-electron chi connectivity index (χ0n) is 9.37. The van der Waals surface area contributed by atoms with Crippen LogP contribution in [-0.4, -0.2) is 18.8 Å². The molecule has 0 heterocycles. The van der Waals surface area contributed by atoms with Crippen LogP contribution in [0.5, 0.6) is 11.5 Å². The van der Waals surface area contributed by atoms with E-state index in [9.17, 15) is 5.11 Å². The summed E-state index contributed by atoms with van der Waals surface area (Å²) in [5.74, 6) is 1.06. The van der Waals surface area contributed by atoms with Crippen molar-refractivity contribution in [3.05, 3.63) is 34.9 Å². The Labute approximate surface area is 100 Å². The van der Waals surface area contributed by atoms with Crippen LogP contribution >= 0.6 is 11.6 Å². The minimum absolute atomic E-state index is 0.137. The minimum Gasteiger partial charge on any atom is -0.493 e. The first-order valence-electron chi connectivity index (χ1n) is 4.94. The summed E-state index contributed by atoms with van der Waals surface area (Å²) in [6, 6.07) is 3.32. The first-order valence-corrected chi connectivity index (χ1v) is 5.32. The summed E-state index contributed by atoms with van der Waals surface area (Å²) in [6.45, 7) is 2.21. The fourth-order valence-corrected chi connectivity index (χ4v) is 1.51. The van der Waals surface area contributed by atoms with Crippen LogP contribution in [0.15, 0.2) is 24.3 Å². The van der Waals surface area contributed by atoms with Gasteiger partial charge in [-0.2, -0.15) is 0 Å². The molecule has 0 fully saturated rings. The van der Waals surface area contributed by atoms with Crippen LogP contribution in [-0.2, 0) is 6.61 Å². The first-order chi connectivity index (χ1) is 7.72. The normalized spacial score (nSPS) is 10.8. The summed E-state index contributed by atoms with van der Waals surface area (Å²) in [4.78, 5) is 0. The molecule has 0 aliphatic carbocycles. The predicted octanol–water partition coefficient (Wildman–Crippen LogP) is 2.80. The summed E-state index contributed by atoms with van der Waals surface area (Å²) in [5, 5.41) is 9.72. The molecule has 88 valence electrons. The van der Waals surface area contributed by atoms with Gasteiger partial charge < -0.3 is 14.6 Å². The molecule has 0 bridgehead atoms. The van der Waals surface area contributed by atoms with Gasteiger partial charge in [-0.3, -0.25) is 0 Å². The quantitative estimate of drug-likeness (QED) is 0.807. The molecule has 0 radical (unpaired) electrons. The molecule has 1 aromatic carbocycles. The second kappa shape index (κ2) is 6.40. The Balaban J connectivity index is 3.01. The molecule has 1 aromatic rings. The van der Waals surface area contributed by atoms with Crippen molar-refractivity contribution >= 4 is 11.6 Å². The monoisotopic (exact) mass is 242 g/mol. The largest absolute Gasteiger partial charge is 0.493 e. The van der Waals surface area contributed by atoms with Gasteiger partial charge in [-0.05, 0) is 13.0 Å². The van der Waals surface area contributed by atoms with Crippen LogP contribution in [0.25, 0.3) is 0 Å². The lowest BCUT2D eigenvalue weighted by atomic mass is 10.2. The van der Waals surface area contributed by atoms with E-state index in [2.05, 4.69) is 0 Å². The highest BCUT2D eigenvalue weighted by Gasteiger charge is 2.11. The third-order valence-corrected chi connectivity index (χ3v) is 2.26. The number of halogens is 1. The van der Waals surface area contributed by atoms with Crippen molar-refractivity contribution in [1.29, 1.82) is 0 Å². The second-order valence-corrected chi connectivity index (χ2v) is 3.57. The molecule has 1 rings (SSSR count). The van der Waals surface area contributed by atoms with Gasteiger partial charge in [0.15, 0.2) is 11.5 Å². The van der Waals surface area contributed by atoms with Gasteiger partial charge in [0.25, 0.3) is 0 Å². The van der Waals surface area contributed by atoms with Crippen molar-refractivity contribution in [2.75, 3.05) is 13.7 Å². The molecule has 0 unspecified atom stereocenters. The Morgan fingerprint density at radius 1 is 1.44 bits per heavy atom. The van der Waals surface area contributed by atoms with Gasteiger partial charge in [-0.15, -0.1) is 0 Å². The van der Waals surface area contributed by atoms with Crippen LogP contribution in [0.2, 0.25) is 5.02 Å². The lowest BCUT2D eigenvalue weighted by Crippen LogP contribution is -2.00. The molecular weight excluding hydrogens is 228 g/mol. The van der Waals surface area contributed by atoms with Crippen molar-refractivity contribution in [2.45, 2.75) is 13.5 Å². The number of rotatable bonds is 5. The van der Waals surface area contributed by atoms with E-state index in [1.807, 2.05) is 19.1 Å². The van der Waals surface area contributed by atoms with Gasteiger partial charge in [0.05, 0.1) is 13.7 Å². The minimum atomic E-state index is -0.137. The Morgan fingerprint density at radius 3 is 2.75 bits per heavy atom. The molecule has 0 amide bonds. The molecule has 0 spiro atoms. The Kier molecular flexibility index (Phi) is 5.15. The van der Waals surface area contributed by atoms with Gasteiger partial charge in [-0.1, -0.05) is 23.8 Å². The van der Waals surface area contributed by atoms with Crippen molar-refractivity contribution < 1.29 is 14.6 Å². The lowest BCUT2D eigenvalue weighted by Gasteiger charge is -2.13. The highest BCUT2D eigenvalue weighted by atomic mass is 35.5. The van der Waals surface area contributed by atoms with E-state index in [-0.39, 0.29) is 6.61 Å². The molecule has 3 nitrogen and oxygen atoms in total. The molecule has 1 N–H and O–H groups in total. The van der Waals surface area contributed by atoms with Gasteiger partial charge in [-0.25, -0.2) is 0 Å². The summed E-state index contributed by atoms with van der Waals surface area (Å²) >= 11 is 5.88. The second-order valence-electron chi connectivity index (χ2n) is 3.13. The van der Waals surface area contributed by atoms with Crippen molar-refractivity contribution in [3.8, 4) is 11.5 Å². The maximum Gasteiger partial charge on any atom is 0.167 e. The van der Waals surface area contributed by atoms with Crippen LogP contribution in [0.3, 0.4) is 0 Å². The van der Waals surface area contributed by atoms with E-state index in [4.69, 9.17) is 21.1 Å². The van der Waals surface area contributed by atoms with E-state index < -0.39 is 0 Å². The topological polar surface area (TPSA) is 38.7 Å². The standard InChI is InChI=1S/C12H15ClO3/c1-3-4-5-16-12-9(8-14)6-10(13)7-11(12)15-2/h3-4,6-7,14H,5,8H2,1-2H3/b4-3+. The molecule has 0 saturated heterocycles. The van der Waals surface area contributed by atoms with Crippen LogP contribution in [0, 0.1) is 0 Å². The number of aliphatic hydroxyl groups is 1. The highest BCUT2D eigenvalue weighted by molar-refractivity contribution is 6.30. The first kappa shape index (κ1) is 12.9. The molecule has 0 aromatic heterocycles. The number of hydrogen-bond acceptors (Lipinski definition) is 3. The number of methoxy groups -OCH3 is 1. The van der Waals surface area contributed by atoms with Gasteiger partial charge >= 0.3 is 0 Å². The Hall–Kier alpha value is -1.19.